The molecule has 5 rings (SSSR count). The fraction of sp³-hybridized carbons (Fsp3) is 0. The van der Waals surface area contributed by atoms with Crippen LogP contribution in [-0.2, 0) is 0 Å². The van der Waals surface area contributed by atoms with Crippen molar-refractivity contribution >= 4 is 43.1 Å². The van der Waals surface area contributed by atoms with Gasteiger partial charge in [0.05, 0.1) is 21.5 Å². The van der Waals surface area contributed by atoms with Gasteiger partial charge in [0.25, 0.3) is 0 Å². The smallest absolute Gasteiger partial charge is 0.198 e. The first kappa shape index (κ1) is 16.1. The van der Waals surface area contributed by atoms with E-state index in [0.29, 0.717) is 0 Å². The van der Waals surface area contributed by atoms with Crippen molar-refractivity contribution in [1.82, 2.24) is 0 Å². The minimum absolute atomic E-state index is 0.0598. The Morgan fingerprint density at radius 1 is 0.429 bits per heavy atom. The highest BCUT2D eigenvalue weighted by Gasteiger charge is 2.25. The van der Waals surface area contributed by atoms with E-state index in [1.165, 1.54) is 24.3 Å². The second-order valence-electron chi connectivity index (χ2n) is 6.60. The van der Waals surface area contributed by atoms with Gasteiger partial charge < -0.3 is 10.2 Å². The highest BCUT2D eigenvalue weighted by atomic mass is 16.3. The van der Waals surface area contributed by atoms with Crippen LogP contribution in [0.1, 0.15) is 0 Å². The largest absolute Gasteiger partial charge is 0.506 e. The molecule has 28 heavy (non-hydrogen) atoms. The maximum Gasteiger partial charge on any atom is 0.198 e. The average Bonchev–Trinajstić information content (AvgIpc) is 2.71. The predicted molar refractivity (Wildman–Crippen MR) is 107 cm³/mol. The Morgan fingerprint density at radius 3 is 0.857 bits per heavy atom. The molecular weight excluding hydrogens is 360 g/mol. The lowest BCUT2D eigenvalue weighted by Crippen LogP contribution is -2.18. The van der Waals surface area contributed by atoms with Crippen molar-refractivity contribution in [3.05, 3.63) is 89.4 Å². The molecule has 0 saturated heterocycles. The van der Waals surface area contributed by atoms with Crippen LogP contribution >= 0.6 is 0 Å². The number of benzene rings is 5. The van der Waals surface area contributed by atoms with Crippen LogP contribution in [0, 0.1) is 0 Å². The van der Waals surface area contributed by atoms with Gasteiger partial charge in [-0.2, -0.15) is 0 Å². The van der Waals surface area contributed by atoms with Crippen LogP contribution in [0.2, 0.25) is 0 Å². The summed E-state index contributed by atoms with van der Waals surface area (Å²) < 4.78 is 0. The molecule has 0 unspecified atom stereocenters. The highest BCUT2D eigenvalue weighted by Crippen LogP contribution is 2.37. The molecule has 0 aromatic heterocycles. The molecule has 5 aromatic rings. The average molecular weight is 370 g/mol. The third kappa shape index (κ3) is 1.76. The summed E-state index contributed by atoms with van der Waals surface area (Å²) in [5.41, 5.74) is -2.78. The summed E-state index contributed by atoms with van der Waals surface area (Å²) in [4.78, 5) is 51.7. The Bertz CT molecular complexity index is 1450. The van der Waals surface area contributed by atoms with Gasteiger partial charge in [0.1, 0.15) is 11.5 Å². The van der Waals surface area contributed by atoms with Crippen molar-refractivity contribution in [1.29, 1.82) is 0 Å². The molecule has 6 nitrogen and oxygen atoms in total. The van der Waals surface area contributed by atoms with Crippen molar-refractivity contribution in [2.45, 2.75) is 0 Å². The number of phenolic OH excluding ortho intramolecular Hbond substituents is 2. The second-order valence-corrected chi connectivity index (χ2v) is 6.60. The summed E-state index contributed by atoms with van der Waals surface area (Å²) in [5.74, 6) is -1.52. The number of aromatic hydroxyl groups is 2. The summed E-state index contributed by atoms with van der Waals surface area (Å²) in [6, 6.07) is 12.0. The van der Waals surface area contributed by atoms with Crippen LogP contribution in [-0.4, -0.2) is 10.2 Å². The first-order valence-corrected chi connectivity index (χ1v) is 8.42. The van der Waals surface area contributed by atoms with E-state index >= 15 is 0 Å². The number of phenols is 2. The number of fused-ring (bicyclic) bond motifs is 4. The van der Waals surface area contributed by atoms with Crippen LogP contribution < -0.4 is 21.7 Å². The highest BCUT2D eigenvalue weighted by molar-refractivity contribution is 6.16. The van der Waals surface area contributed by atoms with Gasteiger partial charge >= 0.3 is 0 Å². The van der Waals surface area contributed by atoms with Crippen LogP contribution in [0.15, 0.2) is 67.7 Å². The van der Waals surface area contributed by atoms with Crippen molar-refractivity contribution in [2.24, 2.45) is 0 Å². The van der Waals surface area contributed by atoms with E-state index in [9.17, 15) is 29.4 Å². The molecule has 0 bridgehead atoms. The fourth-order valence-corrected chi connectivity index (χ4v) is 3.90. The van der Waals surface area contributed by atoms with E-state index in [1.807, 2.05) is 0 Å². The lowest BCUT2D eigenvalue weighted by Gasteiger charge is -2.10. The summed E-state index contributed by atoms with van der Waals surface area (Å²) in [5, 5.41) is 20.0. The molecule has 5 aromatic carbocycles. The van der Waals surface area contributed by atoms with E-state index < -0.39 is 54.8 Å². The third-order valence-electron chi connectivity index (χ3n) is 5.19. The maximum absolute atomic E-state index is 12.9. The standard InChI is InChI=1S/C22H10O6/c23-17-9-5-1-2-6-10(9)18(24)14-13(17)21(27)15-16(22(14)28)20(26)12-8-4-3-7-11(12)19(15)25/h1-8,27-28H. The van der Waals surface area contributed by atoms with Gasteiger partial charge in [-0.15, -0.1) is 0 Å². The minimum Gasteiger partial charge on any atom is -0.506 e. The molecule has 134 valence electrons. The first-order chi connectivity index (χ1) is 13.4. The SMILES string of the molecule is O=c1c2ccccc2c(=O)c2c(O)c3c(=O)c4ccccc4c(=O)c3c(O)c12. The molecule has 0 radical (unpaired) electrons. The normalized spacial score (nSPS) is 11.7. The van der Waals surface area contributed by atoms with Gasteiger partial charge in [-0.05, 0) is 0 Å². The molecule has 0 fully saturated rings. The van der Waals surface area contributed by atoms with Crippen molar-refractivity contribution in [2.75, 3.05) is 0 Å². The van der Waals surface area contributed by atoms with Crippen LogP contribution in [0.3, 0.4) is 0 Å². The zero-order valence-corrected chi connectivity index (χ0v) is 14.1. The van der Waals surface area contributed by atoms with Gasteiger partial charge in [0.2, 0.25) is 0 Å². The van der Waals surface area contributed by atoms with Crippen molar-refractivity contribution in [3.63, 3.8) is 0 Å². The quantitative estimate of drug-likeness (QED) is 0.319. The molecule has 0 spiro atoms. The zero-order chi connectivity index (χ0) is 19.7. The number of rotatable bonds is 0. The Balaban J connectivity index is 2.27. The molecule has 0 saturated carbocycles. The van der Waals surface area contributed by atoms with Gasteiger partial charge in [-0.1, -0.05) is 48.5 Å². The summed E-state index contributed by atoms with van der Waals surface area (Å²) >= 11 is 0. The van der Waals surface area contributed by atoms with Crippen molar-refractivity contribution in [3.8, 4) is 11.5 Å². The zero-order valence-electron chi connectivity index (χ0n) is 14.1. The van der Waals surface area contributed by atoms with E-state index in [0.717, 1.165) is 0 Å². The Kier molecular flexibility index (Phi) is 3.02. The van der Waals surface area contributed by atoms with E-state index in [-0.39, 0.29) is 21.5 Å². The Labute approximate surface area is 154 Å². The second kappa shape index (κ2) is 5.23. The molecule has 2 N–H and O–H groups in total. The molecular formula is C22H10O6. The van der Waals surface area contributed by atoms with Gasteiger partial charge in [0.15, 0.2) is 21.7 Å². The molecule has 0 atom stereocenters. The molecule has 0 aliphatic rings. The van der Waals surface area contributed by atoms with E-state index in [1.54, 1.807) is 24.3 Å². The lowest BCUT2D eigenvalue weighted by molar-refractivity contribution is 0.478. The lowest BCUT2D eigenvalue weighted by atomic mass is 9.94. The summed E-state index contributed by atoms with van der Waals surface area (Å²) in [6.07, 6.45) is 0. The van der Waals surface area contributed by atoms with Gasteiger partial charge in [-0.3, -0.25) is 19.2 Å². The van der Waals surface area contributed by atoms with E-state index in [2.05, 4.69) is 0 Å². The van der Waals surface area contributed by atoms with Crippen molar-refractivity contribution < 1.29 is 10.2 Å². The molecule has 0 aliphatic carbocycles. The van der Waals surface area contributed by atoms with Crippen LogP contribution in [0.4, 0.5) is 0 Å². The predicted octanol–water partition coefficient (Wildman–Crippen LogP) is 2.03. The topological polar surface area (TPSA) is 109 Å². The number of hydrogen-bond donors (Lipinski definition) is 2. The monoisotopic (exact) mass is 370 g/mol. The fourth-order valence-electron chi connectivity index (χ4n) is 3.90. The Morgan fingerprint density at radius 2 is 0.643 bits per heavy atom. The molecule has 0 heterocycles. The van der Waals surface area contributed by atoms with Crippen LogP contribution in [0.5, 0.6) is 11.5 Å². The summed E-state index contributed by atoms with van der Waals surface area (Å²) in [6.45, 7) is 0. The number of hydrogen-bond acceptors (Lipinski definition) is 6. The van der Waals surface area contributed by atoms with Gasteiger partial charge in [0, 0.05) is 21.5 Å². The van der Waals surface area contributed by atoms with Gasteiger partial charge in [-0.25, -0.2) is 0 Å². The third-order valence-corrected chi connectivity index (χ3v) is 5.19. The Hall–Kier alpha value is -4.06. The molecule has 0 amide bonds. The maximum atomic E-state index is 12.9. The summed E-state index contributed by atoms with van der Waals surface area (Å²) in [7, 11) is 0. The van der Waals surface area contributed by atoms with Crippen LogP contribution in [0.25, 0.3) is 43.1 Å². The first-order valence-electron chi connectivity index (χ1n) is 8.42. The minimum atomic E-state index is -0.761. The molecule has 0 aliphatic heterocycles. The van der Waals surface area contributed by atoms with E-state index in [4.69, 9.17) is 0 Å². The molecule has 6 heteroatoms.